The maximum absolute atomic E-state index is 13.3. The van der Waals surface area contributed by atoms with E-state index in [4.69, 9.17) is 0 Å². The fraction of sp³-hybridized carbons (Fsp3) is 0.571. The van der Waals surface area contributed by atoms with E-state index in [1.807, 2.05) is 13.1 Å². The Morgan fingerprint density at radius 3 is 3.00 bits per heavy atom. The third kappa shape index (κ3) is 2.78. The van der Waals surface area contributed by atoms with Crippen molar-refractivity contribution in [3.8, 4) is 0 Å². The van der Waals surface area contributed by atoms with Crippen molar-refractivity contribution in [2.45, 2.75) is 32.2 Å². The highest BCUT2D eigenvalue weighted by Crippen LogP contribution is 2.28. The molecule has 1 N–H and O–H groups in total. The van der Waals surface area contributed by atoms with Crippen molar-refractivity contribution in [1.29, 1.82) is 0 Å². The molecular weight excluding hydrogens is 215 g/mol. The molecule has 0 aromatic heterocycles. The summed E-state index contributed by atoms with van der Waals surface area (Å²) in [6.45, 7) is 4.18. The van der Waals surface area contributed by atoms with E-state index in [-0.39, 0.29) is 5.82 Å². The summed E-state index contributed by atoms with van der Waals surface area (Å²) in [6, 6.07) is 5.64. The molecule has 0 saturated carbocycles. The number of fused-ring (bicyclic) bond motifs is 1. The SMILES string of the molecule is CCCC(CN1CCc2ccc(F)cc21)NC. The predicted octanol–water partition coefficient (Wildman–Crippen LogP) is 2.58. The van der Waals surface area contributed by atoms with Crippen LogP contribution in [0.2, 0.25) is 0 Å². The van der Waals surface area contributed by atoms with Gasteiger partial charge in [-0.05, 0) is 37.6 Å². The number of anilines is 1. The van der Waals surface area contributed by atoms with Crippen molar-refractivity contribution in [3.05, 3.63) is 29.6 Å². The first-order valence-electron chi connectivity index (χ1n) is 6.45. The molecule has 0 saturated heterocycles. The Morgan fingerprint density at radius 1 is 1.47 bits per heavy atom. The molecule has 0 spiro atoms. The van der Waals surface area contributed by atoms with E-state index in [1.165, 1.54) is 12.0 Å². The first-order chi connectivity index (χ1) is 8.24. The molecule has 94 valence electrons. The van der Waals surface area contributed by atoms with Crippen molar-refractivity contribution in [2.75, 3.05) is 25.0 Å². The van der Waals surface area contributed by atoms with Crippen LogP contribution in [0, 0.1) is 5.82 Å². The fourth-order valence-electron chi connectivity index (χ4n) is 2.55. The maximum atomic E-state index is 13.3. The Labute approximate surface area is 103 Å². The molecule has 17 heavy (non-hydrogen) atoms. The maximum Gasteiger partial charge on any atom is 0.125 e. The summed E-state index contributed by atoms with van der Waals surface area (Å²) in [5, 5.41) is 3.34. The van der Waals surface area contributed by atoms with Gasteiger partial charge in [-0.2, -0.15) is 0 Å². The standard InChI is InChI=1S/C14H21FN2/c1-3-4-13(16-2)10-17-8-7-11-5-6-12(15)9-14(11)17/h5-6,9,13,16H,3-4,7-8,10H2,1-2H3. The fourth-order valence-corrected chi connectivity index (χ4v) is 2.55. The molecule has 0 fully saturated rings. The average Bonchev–Trinajstić information content (AvgIpc) is 2.71. The van der Waals surface area contributed by atoms with Crippen molar-refractivity contribution in [2.24, 2.45) is 0 Å². The lowest BCUT2D eigenvalue weighted by Gasteiger charge is -2.25. The molecule has 1 aromatic carbocycles. The summed E-state index contributed by atoms with van der Waals surface area (Å²) < 4.78 is 13.3. The van der Waals surface area contributed by atoms with Gasteiger partial charge in [0.25, 0.3) is 0 Å². The molecule has 0 amide bonds. The van der Waals surface area contributed by atoms with Crippen LogP contribution in [0.15, 0.2) is 18.2 Å². The topological polar surface area (TPSA) is 15.3 Å². The Hall–Kier alpha value is -1.09. The molecule has 2 rings (SSSR count). The molecule has 1 heterocycles. The molecule has 0 aliphatic carbocycles. The minimum Gasteiger partial charge on any atom is -0.369 e. The van der Waals surface area contributed by atoms with E-state index in [2.05, 4.69) is 17.1 Å². The van der Waals surface area contributed by atoms with Crippen molar-refractivity contribution in [1.82, 2.24) is 5.32 Å². The van der Waals surface area contributed by atoms with Crippen LogP contribution >= 0.6 is 0 Å². The second-order valence-corrected chi connectivity index (χ2v) is 4.74. The Kier molecular flexibility index (Phi) is 4.00. The molecule has 1 aliphatic rings. The Morgan fingerprint density at radius 2 is 2.29 bits per heavy atom. The van der Waals surface area contributed by atoms with Crippen molar-refractivity contribution >= 4 is 5.69 Å². The summed E-state index contributed by atoms with van der Waals surface area (Å²) in [4.78, 5) is 2.30. The number of nitrogens with one attached hydrogen (secondary N) is 1. The normalized spacial score (nSPS) is 16.1. The zero-order valence-corrected chi connectivity index (χ0v) is 10.7. The van der Waals surface area contributed by atoms with Crippen molar-refractivity contribution in [3.63, 3.8) is 0 Å². The van der Waals surface area contributed by atoms with Gasteiger partial charge in [0.15, 0.2) is 0 Å². The van der Waals surface area contributed by atoms with Gasteiger partial charge in [-0.15, -0.1) is 0 Å². The first-order valence-corrected chi connectivity index (χ1v) is 6.45. The number of likely N-dealkylation sites (N-methyl/N-ethyl adjacent to an activating group) is 1. The number of benzene rings is 1. The number of hydrogen-bond donors (Lipinski definition) is 1. The summed E-state index contributed by atoms with van der Waals surface area (Å²) in [7, 11) is 2.00. The van der Waals surface area contributed by atoms with Crippen LogP contribution in [0.4, 0.5) is 10.1 Å². The Bertz CT molecular complexity index is 378. The van der Waals surface area contributed by atoms with Crippen LogP contribution in [0.5, 0.6) is 0 Å². The van der Waals surface area contributed by atoms with Crippen LogP contribution in [0.25, 0.3) is 0 Å². The van der Waals surface area contributed by atoms with Gasteiger partial charge in [0.2, 0.25) is 0 Å². The van der Waals surface area contributed by atoms with Crippen LogP contribution in [0.3, 0.4) is 0 Å². The van der Waals surface area contributed by atoms with E-state index in [9.17, 15) is 4.39 Å². The lowest BCUT2D eigenvalue weighted by atomic mass is 10.1. The largest absolute Gasteiger partial charge is 0.369 e. The lowest BCUT2D eigenvalue weighted by molar-refractivity contribution is 0.509. The predicted molar refractivity (Wildman–Crippen MR) is 70.1 cm³/mol. The van der Waals surface area contributed by atoms with E-state index in [0.29, 0.717) is 6.04 Å². The van der Waals surface area contributed by atoms with E-state index in [0.717, 1.165) is 31.6 Å². The summed E-state index contributed by atoms with van der Waals surface area (Å²) >= 11 is 0. The lowest BCUT2D eigenvalue weighted by Crippen LogP contribution is -2.38. The molecule has 1 atom stereocenters. The van der Waals surface area contributed by atoms with Crippen molar-refractivity contribution < 1.29 is 4.39 Å². The monoisotopic (exact) mass is 236 g/mol. The van der Waals surface area contributed by atoms with Gasteiger partial charge in [-0.3, -0.25) is 0 Å². The van der Waals surface area contributed by atoms with E-state index in [1.54, 1.807) is 12.1 Å². The summed E-state index contributed by atoms with van der Waals surface area (Å²) in [6.07, 6.45) is 3.38. The van der Waals surface area contributed by atoms with Crippen LogP contribution in [0.1, 0.15) is 25.3 Å². The molecule has 1 aromatic rings. The molecule has 2 nitrogen and oxygen atoms in total. The minimum atomic E-state index is -0.132. The van der Waals surface area contributed by atoms with Gasteiger partial charge in [0.1, 0.15) is 5.82 Å². The van der Waals surface area contributed by atoms with Gasteiger partial charge in [0, 0.05) is 24.8 Å². The third-order valence-corrected chi connectivity index (χ3v) is 3.53. The molecule has 3 heteroatoms. The second kappa shape index (κ2) is 5.50. The molecule has 1 unspecified atom stereocenters. The van der Waals surface area contributed by atoms with Gasteiger partial charge in [-0.1, -0.05) is 19.4 Å². The quantitative estimate of drug-likeness (QED) is 0.845. The van der Waals surface area contributed by atoms with E-state index < -0.39 is 0 Å². The summed E-state index contributed by atoms with van der Waals surface area (Å²) in [5.74, 6) is -0.132. The minimum absolute atomic E-state index is 0.132. The van der Waals surface area contributed by atoms with Crippen LogP contribution in [-0.2, 0) is 6.42 Å². The zero-order chi connectivity index (χ0) is 12.3. The van der Waals surface area contributed by atoms with Crippen LogP contribution < -0.4 is 10.2 Å². The average molecular weight is 236 g/mol. The number of rotatable bonds is 5. The molecule has 0 radical (unpaired) electrons. The zero-order valence-electron chi connectivity index (χ0n) is 10.7. The third-order valence-electron chi connectivity index (χ3n) is 3.53. The smallest absolute Gasteiger partial charge is 0.125 e. The van der Waals surface area contributed by atoms with Gasteiger partial charge in [0.05, 0.1) is 0 Å². The molecule has 0 bridgehead atoms. The number of hydrogen-bond acceptors (Lipinski definition) is 2. The Balaban J connectivity index is 2.08. The highest BCUT2D eigenvalue weighted by atomic mass is 19.1. The molecular formula is C14H21FN2. The first kappa shape index (κ1) is 12.4. The highest BCUT2D eigenvalue weighted by molar-refractivity contribution is 5.58. The summed E-state index contributed by atoms with van der Waals surface area (Å²) in [5.41, 5.74) is 2.36. The van der Waals surface area contributed by atoms with E-state index >= 15 is 0 Å². The number of halogens is 1. The highest BCUT2D eigenvalue weighted by Gasteiger charge is 2.21. The second-order valence-electron chi connectivity index (χ2n) is 4.74. The van der Waals surface area contributed by atoms with Gasteiger partial charge in [-0.25, -0.2) is 4.39 Å². The molecule has 1 aliphatic heterocycles. The van der Waals surface area contributed by atoms with Crippen LogP contribution in [-0.4, -0.2) is 26.2 Å². The van der Waals surface area contributed by atoms with Gasteiger partial charge < -0.3 is 10.2 Å². The van der Waals surface area contributed by atoms with Gasteiger partial charge >= 0.3 is 0 Å². The number of nitrogens with zero attached hydrogens (tertiary/aromatic N) is 1.